The molecule has 0 bridgehead atoms. The van der Waals surface area contributed by atoms with Gasteiger partial charge in [-0.15, -0.1) is 21.8 Å². The fourth-order valence-electron chi connectivity index (χ4n) is 3.05. The second kappa shape index (κ2) is 5.95. The maximum atomic E-state index is 6.09. The van der Waals surface area contributed by atoms with Crippen LogP contribution in [0.5, 0.6) is 0 Å². The summed E-state index contributed by atoms with van der Waals surface area (Å²) in [7, 11) is 0. The first-order valence-electron chi connectivity index (χ1n) is 7.25. The number of fused-ring (bicyclic) bond motifs is 1. The molecular weight excluding hydrogens is 274 g/mol. The third kappa shape index (κ3) is 2.59. The Morgan fingerprint density at radius 1 is 1.30 bits per heavy atom. The van der Waals surface area contributed by atoms with Crippen molar-refractivity contribution in [3.8, 4) is 0 Å². The Bertz CT molecular complexity index is 582. The van der Waals surface area contributed by atoms with E-state index < -0.39 is 0 Å². The van der Waals surface area contributed by atoms with E-state index in [4.69, 9.17) is 11.6 Å². The predicted octanol–water partition coefficient (Wildman–Crippen LogP) is 2.89. The lowest BCUT2D eigenvalue weighted by molar-refractivity contribution is 0.272. The highest BCUT2D eigenvalue weighted by Gasteiger charge is 2.24. The third-order valence-corrected chi connectivity index (χ3v) is 4.69. The Labute approximate surface area is 123 Å². The van der Waals surface area contributed by atoms with E-state index in [2.05, 4.69) is 20.5 Å². The van der Waals surface area contributed by atoms with Crippen molar-refractivity contribution in [1.82, 2.24) is 19.6 Å². The molecule has 6 heteroatoms. The van der Waals surface area contributed by atoms with Crippen molar-refractivity contribution < 1.29 is 0 Å². The molecule has 3 rings (SSSR count). The van der Waals surface area contributed by atoms with Crippen LogP contribution in [0.4, 0.5) is 5.82 Å². The zero-order valence-corrected chi connectivity index (χ0v) is 12.5. The average molecular weight is 294 g/mol. The SMILES string of the molecule is Cc1nnc2c(NCC3CCCCC3CCl)nccn12. The van der Waals surface area contributed by atoms with E-state index in [1.54, 1.807) is 6.20 Å². The number of hydrogen-bond acceptors (Lipinski definition) is 4. The van der Waals surface area contributed by atoms with Gasteiger partial charge in [-0.1, -0.05) is 12.8 Å². The molecule has 1 aliphatic carbocycles. The van der Waals surface area contributed by atoms with Gasteiger partial charge in [-0.05, 0) is 31.6 Å². The van der Waals surface area contributed by atoms with Crippen LogP contribution in [0.3, 0.4) is 0 Å². The molecule has 1 saturated carbocycles. The van der Waals surface area contributed by atoms with E-state index >= 15 is 0 Å². The highest BCUT2D eigenvalue weighted by atomic mass is 35.5. The minimum absolute atomic E-state index is 0.622. The van der Waals surface area contributed by atoms with Crippen LogP contribution in [-0.4, -0.2) is 32.0 Å². The summed E-state index contributed by atoms with van der Waals surface area (Å²) >= 11 is 6.09. The Balaban J connectivity index is 1.73. The lowest BCUT2D eigenvalue weighted by Gasteiger charge is -2.30. The number of aromatic nitrogens is 4. The summed E-state index contributed by atoms with van der Waals surface area (Å²) in [4.78, 5) is 4.39. The third-order valence-electron chi connectivity index (χ3n) is 4.29. The molecule has 0 spiro atoms. The summed E-state index contributed by atoms with van der Waals surface area (Å²) in [6.45, 7) is 2.85. The first-order valence-corrected chi connectivity index (χ1v) is 7.79. The van der Waals surface area contributed by atoms with Gasteiger partial charge >= 0.3 is 0 Å². The molecule has 0 saturated heterocycles. The second-order valence-corrected chi connectivity index (χ2v) is 5.87. The molecular formula is C14H20ClN5. The quantitative estimate of drug-likeness (QED) is 0.881. The first-order chi connectivity index (χ1) is 9.79. The van der Waals surface area contributed by atoms with Crippen molar-refractivity contribution in [1.29, 1.82) is 0 Å². The van der Waals surface area contributed by atoms with Gasteiger partial charge in [-0.2, -0.15) is 0 Å². The summed E-state index contributed by atoms with van der Waals surface area (Å²) in [6, 6.07) is 0. The van der Waals surface area contributed by atoms with Crippen LogP contribution in [0.15, 0.2) is 12.4 Å². The van der Waals surface area contributed by atoms with Gasteiger partial charge in [0.25, 0.3) is 0 Å². The predicted molar refractivity (Wildman–Crippen MR) is 80.2 cm³/mol. The van der Waals surface area contributed by atoms with E-state index in [1.807, 2.05) is 17.5 Å². The van der Waals surface area contributed by atoms with Gasteiger partial charge in [0.2, 0.25) is 5.65 Å². The number of nitrogens with one attached hydrogen (secondary N) is 1. The number of anilines is 1. The molecule has 2 aromatic heterocycles. The molecule has 108 valence electrons. The molecule has 2 heterocycles. The molecule has 5 nitrogen and oxygen atoms in total. The summed E-state index contributed by atoms with van der Waals surface area (Å²) in [5.74, 6) is 3.70. The zero-order valence-electron chi connectivity index (χ0n) is 11.7. The van der Waals surface area contributed by atoms with Crippen LogP contribution < -0.4 is 5.32 Å². The highest BCUT2D eigenvalue weighted by molar-refractivity contribution is 6.18. The molecule has 0 amide bonds. The number of nitrogens with zero attached hydrogens (tertiary/aromatic N) is 4. The molecule has 1 aliphatic rings. The molecule has 0 aliphatic heterocycles. The maximum absolute atomic E-state index is 6.09. The van der Waals surface area contributed by atoms with Gasteiger partial charge in [0, 0.05) is 24.8 Å². The van der Waals surface area contributed by atoms with Crippen LogP contribution in [-0.2, 0) is 0 Å². The molecule has 1 fully saturated rings. The smallest absolute Gasteiger partial charge is 0.203 e. The largest absolute Gasteiger partial charge is 0.367 e. The first kappa shape index (κ1) is 13.6. The minimum atomic E-state index is 0.622. The second-order valence-electron chi connectivity index (χ2n) is 5.56. The molecule has 2 aromatic rings. The van der Waals surface area contributed by atoms with E-state index in [0.29, 0.717) is 11.8 Å². The van der Waals surface area contributed by atoms with Crippen LogP contribution in [0, 0.1) is 18.8 Å². The Morgan fingerprint density at radius 2 is 2.10 bits per heavy atom. The summed E-state index contributed by atoms with van der Waals surface area (Å²) in [6.07, 6.45) is 8.78. The Hall–Kier alpha value is -1.36. The van der Waals surface area contributed by atoms with Gasteiger partial charge in [0.05, 0.1) is 0 Å². The van der Waals surface area contributed by atoms with E-state index in [0.717, 1.165) is 29.7 Å². The zero-order chi connectivity index (χ0) is 13.9. The Kier molecular flexibility index (Phi) is 4.05. The standard InChI is InChI=1S/C14H20ClN5/c1-10-18-19-14-13(16-6-7-20(10)14)17-9-12-5-3-2-4-11(12)8-15/h6-7,11-12H,2-5,8-9H2,1H3,(H,16,17). The van der Waals surface area contributed by atoms with Crippen LogP contribution in [0.2, 0.25) is 0 Å². The molecule has 0 aromatic carbocycles. The molecule has 0 radical (unpaired) electrons. The van der Waals surface area contributed by atoms with Gasteiger partial charge in [-0.3, -0.25) is 4.40 Å². The average Bonchev–Trinajstić information content (AvgIpc) is 2.88. The highest BCUT2D eigenvalue weighted by Crippen LogP contribution is 2.31. The van der Waals surface area contributed by atoms with Crippen molar-refractivity contribution in [2.24, 2.45) is 11.8 Å². The number of hydrogen-bond donors (Lipinski definition) is 1. The fourth-order valence-corrected chi connectivity index (χ4v) is 3.46. The Morgan fingerprint density at radius 3 is 2.90 bits per heavy atom. The number of alkyl halides is 1. The van der Waals surface area contributed by atoms with E-state index in [-0.39, 0.29) is 0 Å². The van der Waals surface area contributed by atoms with Crippen molar-refractivity contribution in [2.45, 2.75) is 32.6 Å². The van der Waals surface area contributed by atoms with Crippen molar-refractivity contribution in [2.75, 3.05) is 17.7 Å². The van der Waals surface area contributed by atoms with Crippen LogP contribution in [0.25, 0.3) is 5.65 Å². The number of aryl methyl sites for hydroxylation is 1. The van der Waals surface area contributed by atoms with Crippen molar-refractivity contribution >= 4 is 23.1 Å². The maximum Gasteiger partial charge on any atom is 0.203 e. The minimum Gasteiger partial charge on any atom is -0.367 e. The number of rotatable bonds is 4. The van der Waals surface area contributed by atoms with E-state index in [9.17, 15) is 0 Å². The fraction of sp³-hybridized carbons (Fsp3) is 0.643. The van der Waals surface area contributed by atoms with Gasteiger partial charge in [-0.25, -0.2) is 4.98 Å². The number of halogens is 1. The van der Waals surface area contributed by atoms with Crippen LogP contribution in [0.1, 0.15) is 31.5 Å². The van der Waals surface area contributed by atoms with Crippen molar-refractivity contribution in [3.05, 3.63) is 18.2 Å². The van der Waals surface area contributed by atoms with Crippen LogP contribution >= 0.6 is 11.6 Å². The van der Waals surface area contributed by atoms with Gasteiger partial charge in [0.1, 0.15) is 5.82 Å². The monoisotopic (exact) mass is 293 g/mol. The van der Waals surface area contributed by atoms with Gasteiger partial charge < -0.3 is 5.32 Å². The van der Waals surface area contributed by atoms with E-state index in [1.165, 1.54) is 25.7 Å². The summed E-state index contributed by atoms with van der Waals surface area (Å²) < 4.78 is 1.95. The lowest BCUT2D eigenvalue weighted by atomic mass is 9.80. The lowest BCUT2D eigenvalue weighted by Crippen LogP contribution is -2.27. The van der Waals surface area contributed by atoms with Crippen molar-refractivity contribution in [3.63, 3.8) is 0 Å². The summed E-state index contributed by atoms with van der Waals surface area (Å²) in [5.41, 5.74) is 0.795. The molecule has 20 heavy (non-hydrogen) atoms. The van der Waals surface area contributed by atoms with Gasteiger partial charge in [0.15, 0.2) is 5.82 Å². The molecule has 2 atom stereocenters. The molecule has 1 N–H and O–H groups in total. The molecule has 2 unspecified atom stereocenters. The topological polar surface area (TPSA) is 55.1 Å². The normalized spacial score (nSPS) is 23.1. The summed E-state index contributed by atoms with van der Waals surface area (Å²) in [5, 5.41) is 11.7.